The molecule has 0 bridgehead atoms. The highest BCUT2D eigenvalue weighted by Gasteiger charge is 2.32. The lowest BCUT2D eigenvalue weighted by Crippen LogP contribution is -2.28. The summed E-state index contributed by atoms with van der Waals surface area (Å²) in [5.41, 5.74) is 7.41. The molecule has 0 aliphatic rings. The zero-order valence-corrected chi connectivity index (χ0v) is 17.7. The van der Waals surface area contributed by atoms with E-state index in [0.717, 1.165) is 6.07 Å². The lowest BCUT2D eigenvalue weighted by molar-refractivity contribution is -0.275. The number of para-hydroxylation sites is 1. The number of pyridine rings is 2. The van der Waals surface area contributed by atoms with Gasteiger partial charge in [-0.1, -0.05) is 18.2 Å². The van der Waals surface area contributed by atoms with Gasteiger partial charge in [0.05, 0.1) is 14.5 Å². The zero-order chi connectivity index (χ0) is 25.2. The number of carbonyl (C=O) groups excluding carboxylic acids is 1. The Morgan fingerprint density at radius 2 is 2.03 bits per heavy atom. The van der Waals surface area contributed by atoms with Crippen molar-refractivity contribution < 1.29 is 28.8 Å². The number of anilines is 1. The number of alkyl halides is 3. The fraction of sp³-hybridized carbons (Fsp3) is 0.182. The van der Waals surface area contributed by atoms with Crippen LogP contribution in [0, 0.1) is 0 Å². The van der Waals surface area contributed by atoms with Gasteiger partial charge < -0.3 is 20.5 Å². The maximum atomic E-state index is 13.1. The van der Waals surface area contributed by atoms with Gasteiger partial charge in [-0.25, -0.2) is 9.50 Å². The van der Waals surface area contributed by atoms with Crippen LogP contribution < -0.4 is 20.5 Å². The van der Waals surface area contributed by atoms with E-state index in [-0.39, 0.29) is 23.0 Å². The van der Waals surface area contributed by atoms with Gasteiger partial charge in [-0.2, -0.15) is 4.98 Å². The first kappa shape index (κ1) is 21.5. The van der Waals surface area contributed by atoms with Gasteiger partial charge >= 0.3 is 6.36 Å². The van der Waals surface area contributed by atoms with Crippen molar-refractivity contribution in [2.45, 2.75) is 19.3 Å². The molecule has 0 aliphatic heterocycles. The normalized spacial score (nSPS) is 12.8. The van der Waals surface area contributed by atoms with Crippen LogP contribution in [0.25, 0.3) is 16.8 Å². The number of benzene rings is 1. The van der Waals surface area contributed by atoms with Crippen molar-refractivity contribution in [2.75, 3.05) is 12.8 Å². The van der Waals surface area contributed by atoms with Crippen molar-refractivity contribution in [2.24, 2.45) is 0 Å². The van der Waals surface area contributed by atoms with Crippen LogP contribution in [-0.4, -0.2) is 38.9 Å². The summed E-state index contributed by atoms with van der Waals surface area (Å²) in [4.78, 5) is 21.4. The number of fused-ring (bicyclic) bond motifs is 1. The summed E-state index contributed by atoms with van der Waals surface area (Å²) in [6, 6.07) is 9.57. The quantitative estimate of drug-likeness (QED) is 0.438. The van der Waals surface area contributed by atoms with Crippen LogP contribution >= 0.6 is 0 Å². The largest absolute Gasteiger partial charge is 0.573 e. The third-order valence-corrected chi connectivity index (χ3v) is 4.88. The molecular formula is C22H19F3N6O3. The maximum absolute atomic E-state index is 13.1. The molecule has 12 heteroatoms. The molecule has 4 rings (SSSR count). The molecule has 0 spiro atoms. The van der Waals surface area contributed by atoms with Gasteiger partial charge in [0, 0.05) is 23.5 Å². The highest BCUT2D eigenvalue weighted by Crippen LogP contribution is 2.31. The molecule has 4 aromatic rings. The number of hydrogen-bond donors (Lipinski definition) is 2. The Bertz CT molecular complexity index is 1380. The Morgan fingerprint density at radius 3 is 2.79 bits per heavy atom. The van der Waals surface area contributed by atoms with Crippen LogP contribution in [0.15, 0.2) is 54.9 Å². The Hall–Kier alpha value is -4.35. The second-order valence-electron chi connectivity index (χ2n) is 7.19. The van der Waals surface area contributed by atoms with E-state index in [1.54, 1.807) is 18.3 Å². The lowest BCUT2D eigenvalue weighted by Gasteiger charge is -2.19. The molecule has 3 aromatic heterocycles. The number of halogens is 3. The SMILES string of the molecule is [2H]COc1ncc(-c2ccn3nc(N)nc3c2)cc1C(=O)NC(C)c1ccccc1OC(F)(F)F. The molecule has 0 saturated carbocycles. The fourth-order valence-corrected chi connectivity index (χ4v) is 3.37. The Morgan fingerprint density at radius 1 is 1.24 bits per heavy atom. The van der Waals surface area contributed by atoms with E-state index >= 15 is 0 Å². The van der Waals surface area contributed by atoms with Crippen LogP contribution in [0.4, 0.5) is 19.1 Å². The number of hydrogen-bond acceptors (Lipinski definition) is 7. The van der Waals surface area contributed by atoms with Crippen molar-refractivity contribution in [3.63, 3.8) is 0 Å². The number of nitrogens with two attached hydrogens (primary N) is 1. The minimum atomic E-state index is -4.89. The van der Waals surface area contributed by atoms with Crippen molar-refractivity contribution in [1.82, 2.24) is 24.9 Å². The summed E-state index contributed by atoms with van der Waals surface area (Å²) in [6.45, 7) is 1.52. The summed E-state index contributed by atoms with van der Waals surface area (Å²) < 4.78 is 56.4. The van der Waals surface area contributed by atoms with Gasteiger partial charge in [0.15, 0.2) is 5.65 Å². The summed E-state index contributed by atoms with van der Waals surface area (Å²) in [7, 11) is -0.491. The van der Waals surface area contributed by atoms with E-state index in [1.165, 1.54) is 41.9 Å². The summed E-state index contributed by atoms with van der Waals surface area (Å²) in [5, 5.41) is 6.64. The standard InChI is InChI=1S/C22H19F3N6O3/c1-12(15-5-3-4-6-17(15)34-22(23,24)25)28-19(32)16-9-14(11-27-20(16)33-2)13-7-8-31-18(10-13)29-21(26)30-31/h3-12H,1-2H3,(H2,26,30)(H,28,32)/i2D. The first-order chi connectivity index (χ1) is 16.6. The van der Waals surface area contributed by atoms with Crippen LogP contribution in [0.2, 0.25) is 0 Å². The van der Waals surface area contributed by atoms with Gasteiger partial charge in [-0.3, -0.25) is 4.79 Å². The smallest absolute Gasteiger partial charge is 0.480 e. The molecule has 1 unspecified atom stereocenters. The molecule has 0 radical (unpaired) electrons. The number of methoxy groups -OCH3 is 1. The summed E-state index contributed by atoms with van der Waals surface area (Å²) in [6.07, 6.45) is -1.78. The number of carbonyl (C=O) groups is 1. The first-order valence-corrected chi connectivity index (χ1v) is 9.84. The molecule has 1 aromatic carbocycles. The van der Waals surface area contributed by atoms with E-state index in [2.05, 4.69) is 25.1 Å². The highest BCUT2D eigenvalue weighted by molar-refractivity contribution is 5.97. The van der Waals surface area contributed by atoms with Crippen molar-refractivity contribution in [3.05, 3.63) is 66.0 Å². The van der Waals surface area contributed by atoms with E-state index < -0.39 is 31.1 Å². The van der Waals surface area contributed by atoms with Crippen molar-refractivity contribution in [1.29, 1.82) is 0 Å². The predicted molar refractivity (Wildman–Crippen MR) is 116 cm³/mol. The number of amides is 1. The van der Waals surface area contributed by atoms with Crippen LogP contribution in [0.1, 0.15) is 30.3 Å². The van der Waals surface area contributed by atoms with Gasteiger partial charge in [-0.05, 0) is 36.8 Å². The van der Waals surface area contributed by atoms with Crippen molar-refractivity contribution in [3.8, 4) is 22.8 Å². The number of aromatic nitrogens is 4. The molecule has 176 valence electrons. The summed E-state index contributed by atoms with van der Waals surface area (Å²) in [5.74, 6) is -1.09. The minimum Gasteiger partial charge on any atom is -0.480 e. The highest BCUT2D eigenvalue weighted by atomic mass is 19.4. The van der Waals surface area contributed by atoms with E-state index in [0.29, 0.717) is 16.8 Å². The lowest BCUT2D eigenvalue weighted by atomic mass is 10.0. The second-order valence-corrected chi connectivity index (χ2v) is 7.19. The third-order valence-electron chi connectivity index (χ3n) is 4.88. The zero-order valence-electron chi connectivity index (χ0n) is 18.7. The number of ether oxygens (including phenoxy) is 2. The van der Waals surface area contributed by atoms with E-state index in [4.69, 9.17) is 11.8 Å². The molecule has 0 saturated heterocycles. The Kier molecular flexibility index (Phi) is 5.62. The number of nitrogens with one attached hydrogen (secondary N) is 1. The topological polar surface area (TPSA) is 117 Å². The number of nitrogen functional groups attached to an aromatic ring is 1. The van der Waals surface area contributed by atoms with Crippen LogP contribution in [-0.2, 0) is 0 Å². The molecule has 0 aliphatic carbocycles. The predicted octanol–water partition coefficient (Wildman–Crippen LogP) is 3.77. The average Bonchev–Trinajstić information content (AvgIpc) is 3.18. The van der Waals surface area contributed by atoms with E-state index in [9.17, 15) is 18.0 Å². The second kappa shape index (κ2) is 8.89. The van der Waals surface area contributed by atoms with Crippen LogP contribution in [0.3, 0.4) is 0 Å². The first-order valence-electron chi connectivity index (χ1n) is 10.5. The molecule has 1 atom stereocenters. The number of rotatable bonds is 6. The molecule has 1 amide bonds. The molecular weight excluding hydrogens is 453 g/mol. The monoisotopic (exact) mass is 473 g/mol. The Labute approximate surface area is 192 Å². The summed E-state index contributed by atoms with van der Waals surface area (Å²) >= 11 is 0. The van der Waals surface area contributed by atoms with Gasteiger partial charge in [0.1, 0.15) is 11.3 Å². The molecule has 3 heterocycles. The molecule has 9 nitrogen and oxygen atoms in total. The number of nitrogens with zero attached hydrogens (tertiary/aromatic N) is 4. The van der Waals surface area contributed by atoms with Gasteiger partial charge in [-0.15, -0.1) is 18.3 Å². The minimum absolute atomic E-state index is 0.00308. The van der Waals surface area contributed by atoms with Gasteiger partial charge in [0.2, 0.25) is 11.8 Å². The molecule has 3 N–H and O–H groups in total. The fourth-order valence-electron chi connectivity index (χ4n) is 3.37. The third kappa shape index (κ3) is 4.85. The van der Waals surface area contributed by atoms with Crippen LogP contribution in [0.5, 0.6) is 11.6 Å². The molecule has 34 heavy (non-hydrogen) atoms. The Balaban J connectivity index is 1.64. The van der Waals surface area contributed by atoms with Gasteiger partial charge in [0.25, 0.3) is 5.91 Å². The average molecular weight is 473 g/mol. The maximum Gasteiger partial charge on any atom is 0.573 e. The van der Waals surface area contributed by atoms with E-state index in [1.807, 2.05) is 0 Å². The van der Waals surface area contributed by atoms with Crippen molar-refractivity contribution >= 4 is 17.5 Å². The molecule has 0 fully saturated rings.